The third-order valence-corrected chi connectivity index (χ3v) is 3.25. The monoisotopic (exact) mass is 358 g/mol. The van der Waals surface area contributed by atoms with Crippen LogP contribution in [0.5, 0.6) is 0 Å². The van der Waals surface area contributed by atoms with Gasteiger partial charge in [0.15, 0.2) is 0 Å². The van der Waals surface area contributed by atoms with Gasteiger partial charge in [-0.1, -0.05) is 36.4 Å². The molecule has 0 aliphatic carbocycles. The lowest BCUT2D eigenvalue weighted by Crippen LogP contribution is -2.45. The summed E-state index contributed by atoms with van der Waals surface area (Å²) in [6.07, 6.45) is -4.43. The second-order valence-corrected chi connectivity index (χ2v) is 5.06. The number of rotatable bonds is 7. The maximum atomic E-state index is 12.0. The Hall–Kier alpha value is -3.68. The molecule has 8 heteroatoms. The van der Waals surface area contributed by atoms with E-state index in [9.17, 15) is 29.4 Å². The minimum atomic E-state index is -2.21. The maximum Gasteiger partial charge on any atom is 0.349 e. The summed E-state index contributed by atoms with van der Waals surface area (Å²) >= 11 is 0. The fourth-order valence-corrected chi connectivity index (χ4v) is 2.00. The van der Waals surface area contributed by atoms with Crippen molar-refractivity contribution < 1.29 is 38.9 Å². The Morgan fingerprint density at radius 1 is 0.615 bits per heavy atom. The van der Waals surface area contributed by atoms with Gasteiger partial charge in [0.05, 0.1) is 11.1 Å². The number of carboxylic acid groups (broad SMARTS) is 2. The van der Waals surface area contributed by atoms with E-state index in [1.54, 1.807) is 12.1 Å². The summed E-state index contributed by atoms with van der Waals surface area (Å²) in [7, 11) is 0. The number of esters is 2. The van der Waals surface area contributed by atoms with Crippen molar-refractivity contribution in [3.8, 4) is 0 Å². The predicted molar refractivity (Wildman–Crippen MR) is 86.6 cm³/mol. The first-order valence-corrected chi connectivity index (χ1v) is 7.38. The second kappa shape index (κ2) is 8.43. The molecule has 0 aliphatic rings. The third kappa shape index (κ3) is 4.67. The maximum absolute atomic E-state index is 12.0. The molecule has 0 aromatic heterocycles. The van der Waals surface area contributed by atoms with Gasteiger partial charge in [-0.3, -0.25) is 0 Å². The predicted octanol–water partition coefficient (Wildman–Crippen LogP) is 1.61. The van der Waals surface area contributed by atoms with E-state index in [2.05, 4.69) is 0 Å². The average molecular weight is 358 g/mol. The molecule has 0 saturated heterocycles. The fraction of sp³-hybridized carbons (Fsp3) is 0.111. The molecule has 0 radical (unpaired) electrons. The average Bonchev–Trinajstić information content (AvgIpc) is 2.65. The number of ether oxygens (including phenoxy) is 2. The molecule has 0 fully saturated rings. The molecular formula is C18H14O8. The van der Waals surface area contributed by atoms with Crippen LogP contribution in [-0.4, -0.2) is 46.3 Å². The van der Waals surface area contributed by atoms with Gasteiger partial charge in [-0.25, -0.2) is 19.2 Å². The SMILES string of the molecule is O=C(O[C@H](C(=O)O)[C@@H](OC(=O)c1ccccc1)C(=O)O)c1ccccc1. The molecule has 0 saturated carbocycles. The van der Waals surface area contributed by atoms with E-state index in [1.165, 1.54) is 48.5 Å². The minimum absolute atomic E-state index is 0.0253. The molecule has 8 nitrogen and oxygen atoms in total. The zero-order valence-electron chi connectivity index (χ0n) is 13.3. The highest BCUT2D eigenvalue weighted by Gasteiger charge is 2.40. The van der Waals surface area contributed by atoms with Crippen LogP contribution in [0.1, 0.15) is 20.7 Å². The first-order valence-electron chi connectivity index (χ1n) is 7.38. The van der Waals surface area contributed by atoms with Gasteiger partial charge >= 0.3 is 23.9 Å². The van der Waals surface area contributed by atoms with Gasteiger partial charge in [-0.05, 0) is 24.3 Å². The van der Waals surface area contributed by atoms with Gasteiger partial charge < -0.3 is 19.7 Å². The molecule has 2 aromatic carbocycles. The number of aliphatic carboxylic acids is 2. The third-order valence-electron chi connectivity index (χ3n) is 3.25. The van der Waals surface area contributed by atoms with Crippen molar-refractivity contribution in [1.29, 1.82) is 0 Å². The largest absolute Gasteiger partial charge is 0.478 e. The second-order valence-electron chi connectivity index (χ2n) is 5.06. The molecule has 0 unspecified atom stereocenters. The number of carbonyl (C=O) groups excluding carboxylic acids is 2. The van der Waals surface area contributed by atoms with Crippen molar-refractivity contribution in [2.24, 2.45) is 0 Å². The molecule has 0 spiro atoms. The number of hydrogen-bond donors (Lipinski definition) is 2. The van der Waals surface area contributed by atoms with Crippen molar-refractivity contribution in [2.75, 3.05) is 0 Å². The minimum Gasteiger partial charge on any atom is -0.478 e. The van der Waals surface area contributed by atoms with Crippen LogP contribution in [0.15, 0.2) is 60.7 Å². The molecule has 0 heterocycles. The van der Waals surface area contributed by atoms with E-state index in [1.807, 2.05) is 0 Å². The molecule has 26 heavy (non-hydrogen) atoms. The van der Waals surface area contributed by atoms with E-state index in [0.29, 0.717) is 0 Å². The van der Waals surface area contributed by atoms with Gasteiger partial charge in [-0.2, -0.15) is 0 Å². The Bertz CT molecular complexity index is 731. The van der Waals surface area contributed by atoms with Crippen LogP contribution in [0, 0.1) is 0 Å². The molecule has 0 aliphatic heterocycles. The van der Waals surface area contributed by atoms with Crippen LogP contribution in [0.3, 0.4) is 0 Å². The summed E-state index contributed by atoms with van der Waals surface area (Å²) in [6, 6.07) is 14.8. The van der Waals surface area contributed by atoms with Crippen molar-refractivity contribution in [1.82, 2.24) is 0 Å². The zero-order valence-corrected chi connectivity index (χ0v) is 13.3. The summed E-state index contributed by atoms with van der Waals surface area (Å²) in [4.78, 5) is 46.8. The molecule has 2 N–H and O–H groups in total. The fourth-order valence-electron chi connectivity index (χ4n) is 2.00. The van der Waals surface area contributed by atoms with Crippen LogP contribution >= 0.6 is 0 Å². The first-order chi connectivity index (χ1) is 12.4. The molecule has 2 rings (SSSR count). The Kier molecular flexibility index (Phi) is 6.05. The smallest absolute Gasteiger partial charge is 0.349 e. The molecule has 2 atom stereocenters. The number of benzene rings is 2. The van der Waals surface area contributed by atoms with Crippen LogP contribution in [0.2, 0.25) is 0 Å². The summed E-state index contributed by atoms with van der Waals surface area (Å²) in [5, 5.41) is 18.5. The van der Waals surface area contributed by atoms with Gasteiger partial charge in [0.2, 0.25) is 12.2 Å². The topological polar surface area (TPSA) is 127 Å². The van der Waals surface area contributed by atoms with Gasteiger partial charge in [0, 0.05) is 0 Å². The number of hydrogen-bond acceptors (Lipinski definition) is 6. The molecular weight excluding hydrogens is 344 g/mol. The standard InChI is InChI=1S/C18H14O8/c19-15(20)13(25-17(23)11-7-3-1-4-8-11)14(16(21)22)26-18(24)12-9-5-2-6-10-12/h1-10,13-14H,(H,19,20)(H,21,22)/t13-,14+. The Labute approximate surface area is 147 Å². The van der Waals surface area contributed by atoms with Crippen LogP contribution in [-0.2, 0) is 19.1 Å². The highest BCUT2D eigenvalue weighted by atomic mass is 16.6. The van der Waals surface area contributed by atoms with Gasteiger partial charge in [0.25, 0.3) is 0 Å². The molecule has 2 aromatic rings. The van der Waals surface area contributed by atoms with E-state index in [0.717, 1.165) is 0 Å². The van der Waals surface area contributed by atoms with Crippen molar-refractivity contribution in [3.05, 3.63) is 71.8 Å². The Morgan fingerprint density at radius 2 is 0.923 bits per heavy atom. The summed E-state index contributed by atoms with van der Waals surface area (Å²) < 4.78 is 9.52. The lowest BCUT2D eigenvalue weighted by Gasteiger charge is -2.21. The van der Waals surface area contributed by atoms with E-state index < -0.39 is 36.1 Å². The van der Waals surface area contributed by atoms with Crippen molar-refractivity contribution >= 4 is 23.9 Å². The number of carboxylic acids is 2. The molecule has 0 amide bonds. The Morgan fingerprint density at radius 3 is 1.19 bits per heavy atom. The molecule has 0 bridgehead atoms. The van der Waals surface area contributed by atoms with E-state index >= 15 is 0 Å². The number of carbonyl (C=O) groups is 4. The van der Waals surface area contributed by atoms with Crippen LogP contribution < -0.4 is 0 Å². The van der Waals surface area contributed by atoms with Crippen LogP contribution in [0.25, 0.3) is 0 Å². The Balaban J connectivity index is 2.20. The van der Waals surface area contributed by atoms with Crippen LogP contribution in [0.4, 0.5) is 0 Å². The summed E-state index contributed by atoms with van der Waals surface area (Å²) in [5.41, 5.74) is 0.0505. The van der Waals surface area contributed by atoms with Gasteiger partial charge in [0.1, 0.15) is 0 Å². The van der Waals surface area contributed by atoms with Crippen molar-refractivity contribution in [3.63, 3.8) is 0 Å². The normalized spacial score (nSPS) is 12.5. The first kappa shape index (κ1) is 18.7. The van der Waals surface area contributed by atoms with Crippen molar-refractivity contribution in [2.45, 2.75) is 12.2 Å². The van der Waals surface area contributed by atoms with Gasteiger partial charge in [-0.15, -0.1) is 0 Å². The molecule has 134 valence electrons. The highest BCUT2D eigenvalue weighted by Crippen LogP contribution is 2.13. The highest BCUT2D eigenvalue weighted by molar-refractivity contribution is 5.95. The lowest BCUT2D eigenvalue weighted by atomic mass is 10.1. The zero-order chi connectivity index (χ0) is 19.1. The van der Waals surface area contributed by atoms with E-state index in [4.69, 9.17) is 9.47 Å². The quantitative estimate of drug-likeness (QED) is 0.715. The summed E-state index contributed by atoms with van der Waals surface area (Å²) in [6.45, 7) is 0. The van der Waals surface area contributed by atoms with E-state index in [-0.39, 0.29) is 11.1 Å². The lowest BCUT2D eigenvalue weighted by molar-refractivity contribution is -0.166. The summed E-state index contributed by atoms with van der Waals surface area (Å²) in [5.74, 6) is -5.63.